The lowest BCUT2D eigenvalue weighted by atomic mass is 10.4. The minimum absolute atomic E-state index is 0.581. The predicted octanol–water partition coefficient (Wildman–Crippen LogP) is 2.11. The summed E-state index contributed by atoms with van der Waals surface area (Å²) in [4.78, 5) is 8.62. The average Bonchev–Trinajstić information content (AvgIpc) is 2.81. The van der Waals surface area contributed by atoms with E-state index in [1.54, 1.807) is 6.26 Å². The zero-order valence-electron chi connectivity index (χ0n) is 7.95. The van der Waals surface area contributed by atoms with Crippen LogP contribution in [0.25, 0.3) is 11.1 Å². The fourth-order valence-corrected chi connectivity index (χ4v) is 1.50. The van der Waals surface area contributed by atoms with E-state index in [4.69, 9.17) is 4.42 Å². The first kappa shape index (κ1) is 7.79. The molecular weight excluding hydrogens is 178 g/mol. The van der Waals surface area contributed by atoms with Gasteiger partial charge in [0.25, 0.3) is 0 Å². The highest BCUT2D eigenvalue weighted by Crippen LogP contribution is 2.28. The molecule has 0 spiro atoms. The van der Waals surface area contributed by atoms with Gasteiger partial charge < -0.3 is 9.73 Å². The van der Waals surface area contributed by atoms with Crippen molar-refractivity contribution in [1.82, 2.24) is 9.97 Å². The van der Waals surface area contributed by atoms with Crippen LogP contribution >= 0.6 is 0 Å². The van der Waals surface area contributed by atoms with E-state index in [1.807, 2.05) is 13.0 Å². The maximum Gasteiger partial charge on any atom is 0.194 e. The molecule has 0 unspecified atom stereocenters. The molecule has 1 N–H and O–H groups in total. The molecular formula is C10H11N3O. The Bertz CT molecular complexity index is 473. The predicted molar refractivity (Wildman–Crippen MR) is 53.2 cm³/mol. The zero-order valence-corrected chi connectivity index (χ0v) is 7.95. The monoisotopic (exact) mass is 189 g/mol. The standard InChI is InChI=1S/C10H11N3O/c1-6-11-8-4-5-14-9(8)10(12-6)13-7-2-3-7/h4-5,7H,2-3H2,1H3,(H,11,12,13). The Labute approximate surface area is 81.4 Å². The molecule has 0 aliphatic heterocycles. The molecule has 1 aliphatic rings. The third-order valence-corrected chi connectivity index (χ3v) is 2.33. The molecule has 2 aromatic heterocycles. The molecule has 1 saturated carbocycles. The van der Waals surface area contributed by atoms with E-state index in [9.17, 15) is 0 Å². The van der Waals surface area contributed by atoms with Gasteiger partial charge in [-0.15, -0.1) is 0 Å². The van der Waals surface area contributed by atoms with Crippen molar-refractivity contribution in [3.63, 3.8) is 0 Å². The normalized spacial score (nSPS) is 16.1. The Hall–Kier alpha value is -1.58. The van der Waals surface area contributed by atoms with E-state index in [1.165, 1.54) is 12.8 Å². The maximum absolute atomic E-state index is 5.35. The van der Waals surface area contributed by atoms with Gasteiger partial charge >= 0.3 is 0 Å². The first-order valence-corrected chi connectivity index (χ1v) is 4.81. The first-order chi connectivity index (χ1) is 6.83. The quantitative estimate of drug-likeness (QED) is 0.786. The molecule has 4 nitrogen and oxygen atoms in total. The van der Waals surface area contributed by atoms with Crippen LogP contribution in [-0.4, -0.2) is 16.0 Å². The molecule has 0 bridgehead atoms. The van der Waals surface area contributed by atoms with E-state index < -0.39 is 0 Å². The van der Waals surface area contributed by atoms with Crippen molar-refractivity contribution in [3.05, 3.63) is 18.2 Å². The summed E-state index contributed by atoms with van der Waals surface area (Å²) in [5.41, 5.74) is 1.64. The van der Waals surface area contributed by atoms with Gasteiger partial charge in [0.15, 0.2) is 11.4 Å². The van der Waals surface area contributed by atoms with Crippen molar-refractivity contribution >= 4 is 16.9 Å². The number of rotatable bonds is 2. The minimum atomic E-state index is 0.581. The average molecular weight is 189 g/mol. The van der Waals surface area contributed by atoms with Crippen molar-refractivity contribution in [2.75, 3.05) is 5.32 Å². The summed E-state index contributed by atoms with van der Waals surface area (Å²) in [6.07, 6.45) is 4.10. The molecule has 3 rings (SSSR count). The highest BCUT2D eigenvalue weighted by molar-refractivity contribution is 5.83. The molecule has 0 aromatic carbocycles. The van der Waals surface area contributed by atoms with E-state index >= 15 is 0 Å². The number of aromatic nitrogens is 2. The number of nitrogens with zero attached hydrogens (tertiary/aromatic N) is 2. The number of anilines is 1. The summed E-state index contributed by atoms with van der Waals surface area (Å²) >= 11 is 0. The summed E-state index contributed by atoms with van der Waals surface area (Å²) in [6.45, 7) is 1.89. The molecule has 0 atom stereocenters. The molecule has 0 saturated heterocycles. The van der Waals surface area contributed by atoms with Gasteiger partial charge in [0.05, 0.1) is 6.26 Å². The fraction of sp³-hybridized carbons (Fsp3) is 0.400. The number of hydrogen-bond donors (Lipinski definition) is 1. The number of nitrogens with one attached hydrogen (secondary N) is 1. The van der Waals surface area contributed by atoms with E-state index in [0.29, 0.717) is 6.04 Å². The van der Waals surface area contributed by atoms with Crippen LogP contribution in [-0.2, 0) is 0 Å². The third-order valence-electron chi connectivity index (χ3n) is 2.33. The van der Waals surface area contributed by atoms with Crippen LogP contribution in [0.5, 0.6) is 0 Å². The largest absolute Gasteiger partial charge is 0.459 e. The summed E-state index contributed by atoms with van der Waals surface area (Å²) in [5.74, 6) is 1.61. The van der Waals surface area contributed by atoms with Crippen molar-refractivity contribution in [3.8, 4) is 0 Å². The molecule has 2 heterocycles. The van der Waals surface area contributed by atoms with Gasteiger partial charge in [-0.05, 0) is 19.8 Å². The maximum atomic E-state index is 5.35. The van der Waals surface area contributed by atoms with E-state index in [0.717, 1.165) is 22.7 Å². The van der Waals surface area contributed by atoms with Gasteiger partial charge in [-0.2, -0.15) is 0 Å². The van der Waals surface area contributed by atoms with Crippen LogP contribution in [0.1, 0.15) is 18.7 Å². The topological polar surface area (TPSA) is 51.0 Å². The summed E-state index contributed by atoms with van der Waals surface area (Å²) in [6, 6.07) is 2.44. The minimum Gasteiger partial charge on any atom is -0.459 e. The Balaban J connectivity index is 2.13. The van der Waals surface area contributed by atoms with Gasteiger partial charge in [-0.3, -0.25) is 0 Å². The molecule has 0 amide bonds. The van der Waals surface area contributed by atoms with Crippen LogP contribution in [0.4, 0.5) is 5.82 Å². The molecule has 1 fully saturated rings. The van der Waals surface area contributed by atoms with Crippen molar-refractivity contribution in [2.45, 2.75) is 25.8 Å². The summed E-state index contributed by atoms with van der Waals surface area (Å²) in [5, 5.41) is 3.34. The molecule has 4 heteroatoms. The third kappa shape index (κ3) is 1.23. The first-order valence-electron chi connectivity index (χ1n) is 4.81. The molecule has 14 heavy (non-hydrogen) atoms. The van der Waals surface area contributed by atoms with Crippen molar-refractivity contribution in [1.29, 1.82) is 0 Å². The Morgan fingerprint density at radius 3 is 3.07 bits per heavy atom. The number of furan rings is 1. The highest BCUT2D eigenvalue weighted by Gasteiger charge is 2.23. The van der Waals surface area contributed by atoms with Crippen LogP contribution in [0.15, 0.2) is 16.7 Å². The summed E-state index contributed by atoms with van der Waals surface area (Å²) in [7, 11) is 0. The summed E-state index contributed by atoms with van der Waals surface area (Å²) < 4.78 is 5.35. The Kier molecular flexibility index (Phi) is 1.50. The van der Waals surface area contributed by atoms with E-state index in [-0.39, 0.29) is 0 Å². The number of fused-ring (bicyclic) bond motifs is 1. The Morgan fingerprint density at radius 2 is 2.29 bits per heavy atom. The fourth-order valence-electron chi connectivity index (χ4n) is 1.50. The van der Waals surface area contributed by atoms with Gasteiger partial charge in [0, 0.05) is 12.1 Å². The highest BCUT2D eigenvalue weighted by atomic mass is 16.3. The smallest absolute Gasteiger partial charge is 0.194 e. The van der Waals surface area contributed by atoms with Gasteiger partial charge in [-0.25, -0.2) is 9.97 Å². The Morgan fingerprint density at radius 1 is 1.43 bits per heavy atom. The molecule has 2 aromatic rings. The van der Waals surface area contributed by atoms with Crippen LogP contribution in [0.3, 0.4) is 0 Å². The van der Waals surface area contributed by atoms with Crippen molar-refractivity contribution in [2.24, 2.45) is 0 Å². The SMILES string of the molecule is Cc1nc(NC2CC2)c2occc2n1. The van der Waals surface area contributed by atoms with Crippen molar-refractivity contribution < 1.29 is 4.42 Å². The van der Waals surface area contributed by atoms with Gasteiger partial charge in [-0.1, -0.05) is 0 Å². The zero-order chi connectivity index (χ0) is 9.54. The molecule has 0 radical (unpaired) electrons. The second-order valence-electron chi connectivity index (χ2n) is 3.67. The lowest BCUT2D eigenvalue weighted by molar-refractivity contribution is 0.614. The second-order valence-corrected chi connectivity index (χ2v) is 3.67. The number of hydrogen-bond acceptors (Lipinski definition) is 4. The molecule has 72 valence electrons. The lowest BCUT2D eigenvalue weighted by Crippen LogP contribution is -2.04. The number of aryl methyl sites for hydroxylation is 1. The van der Waals surface area contributed by atoms with Crippen LogP contribution in [0, 0.1) is 6.92 Å². The van der Waals surface area contributed by atoms with Crippen LogP contribution < -0.4 is 5.32 Å². The van der Waals surface area contributed by atoms with Gasteiger partial charge in [0.1, 0.15) is 11.3 Å². The molecule has 1 aliphatic carbocycles. The lowest BCUT2D eigenvalue weighted by Gasteiger charge is -2.04. The van der Waals surface area contributed by atoms with Gasteiger partial charge in [0.2, 0.25) is 0 Å². The van der Waals surface area contributed by atoms with E-state index in [2.05, 4.69) is 15.3 Å². The van der Waals surface area contributed by atoms with Crippen LogP contribution in [0.2, 0.25) is 0 Å². The second kappa shape index (κ2) is 2.70.